The molecule has 0 bridgehead atoms. The molecule has 2 aromatic rings. The average Bonchev–Trinajstić information content (AvgIpc) is 2.88. The van der Waals surface area contributed by atoms with Crippen LogP contribution in [0.15, 0.2) is 35.2 Å². The van der Waals surface area contributed by atoms with Crippen LogP contribution < -0.4 is 0 Å². The van der Waals surface area contributed by atoms with Gasteiger partial charge in [-0.1, -0.05) is 12.1 Å². The summed E-state index contributed by atoms with van der Waals surface area (Å²) in [5.74, 6) is -0.411. The molecule has 1 heterocycles. The Hall–Kier alpha value is -1.59. The zero-order chi connectivity index (χ0) is 13.7. The van der Waals surface area contributed by atoms with E-state index in [1.807, 2.05) is 17.3 Å². The quantitative estimate of drug-likeness (QED) is 0.762. The van der Waals surface area contributed by atoms with E-state index in [-0.39, 0.29) is 11.6 Å². The minimum absolute atomic E-state index is 0.0374. The van der Waals surface area contributed by atoms with Crippen molar-refractivity contribution in [2.75, 3.05) is 13.6 Å². The average molecular weight is 278 g/mol. The third kappa shape index (κ3) is 4.22. The number of hydrogen-bond donors (Lipinski definition) is 0. The van der Waals surface area contributed by atoms with E-state index >= 15 is 0 Å². The van der Waals surface area contributed by atoms with Crippen LogP contribution >= 0.6 is 11.3 Å². The Kier molecular flexibility index (Phi) is 4.76. The summed E-state index contributed by atoms with van der Waals surface area (Å²) < 4.78 is 13.0. The Morgan fingerprint density at radius 3 is 3.00 bits per heavy atom. The number of thiazole rings is 1. The molecule has 3 nitrogen and oxygen atoms in total. The van der Waals surface area contributed by atoms with Gasteiger partial charge in [-0.15, -0.1) is 11.3 Å². The first-order chi connectivity index (χ1) is 9.15. The van der Waals surface area contributed by atoms with Gasteiger partial charge < -0.3 is 4.90 Å². The monoisotopic (exact) mass is 278 g/mol. The molecule has 1 aromatic carbocycles. The van der Waals surface area contributed by atoms with Crippen molar-refractivity contribution in [1.29, 1.82) is 0 Å². The maximum Gasteiger partial charge on any atom is 0.164 e. The summed E-state index contributed by atoms with van der Waals surface area (Å²) in [5, 5.41) is 1.99. The first kappa shape index (κ1) is 13.8. The summed E-state index contributed by atoms with van der Waals surface area (Å²) in [5.41, 5.74) is 3.23. The number of hydrogen-bond acceptors (Lipinski definition) is 4. The van der Waals surface area contributed by atoms with Gasteiger partial charge in [0.25, 0.3) is 0 Å². The lowest BCUT2D eigenvalue weighted by atomic mass is 10.1. The molecule has 5 heteroatoms. The van der Waals surface area contributed by atoms with Crippen molar-refractivity contribution in [1.82, 2.24) is 9.88 Å². The van der Waals surface area contributed by atoms with Crippen molar-refractivity contribution in [2.45, 2.75) is 13.0 Å². The van der Waals surface area contributed by atoms with E-state index in [1.165, 1.54) is 12.1 Å². The molecule has 0 spiro atoms. The number of carbonyl (C=O) groups excluding carboxylic acids is 1. The third-order valence-electron chi connectivity index (χ3n) is 2.78. The predicted molar refractivity (Wildman–Crippen MR) is 73.8 cm³/mol. The molecule has 0 atom stereocenters. The predicted octanol–water partition coefficient (Wildman–Crippen LogP) is 2.99. The summed E-state index contributed by atoms with van der Waals surface area (Å²) in [6.07, 6.45) is 0.379. The maximum absolute atomic E-state index is 13.0. The summed E-state index contributed by atoms with van der Waals surface area (Å²) in [7, 11) is 1.94. The molecule has 0 saturated carbocycles. The highest BCUT2D eigenvalue weighted by molar-refractivity contribution is 7.07. The van der Waals surface area contributed by atoms with Crippen LogP contribution in [0, 0.1) is 5.82 Å². The summed E-state index contributed by atoms with van der Waals surface area (Å²) in [6, 6.07) is 5.82. The van der Waals surface area contributed by atoms with Crippen LogP contribution in [0.1, 0.15) is 22.5 Å². The largest absolute Gasteiger partial charge is 0.300 e. The highest BCUT2D eigenvalue weighted by atomic mass is 32.1. The third-order valence-corrected chi connectivity index (χ3v) is 3.42. The Balaban J connectivity index is 1.83. The van der Waals surface area contributed by atoms with Gasteiger partial charge in [-0.2, -0.15) is 0 Å². The van der Waals surface area contributed by atoms with Crippen LogP contribution in [0.3, 0.4) is 0 Å². The lowest BCUT2D eigenvalue weighted by Crippen LogP contribution is -2.21. The van der Waals surface area contributed by atoms with Crippen molar-refractivity contribution < 1.29 is 9.18 Å². The molecular weight excluding hydrogens is 263 g/mol. The zero-order valence-corrected chi connectivity index (χ0v) is 11.5. The van der Waals surface area contributed by atoms with Crippen molar-refractivity contribution in [3.05, 3.63) is 52.2 Å². The van der Waals surface area contributed by atoms with Crippen LogP contribution in [0.4, 0.5) is 4.39 Å². The van der Waals surface area contributed by atoms with E-state index in [4.69, 9.17) is 0 Å². The number of Topliss-reactive ketones (excluding diaryl/α,β-unsaturated/α-hetero) is 1. The molecule has 0 aliphatic carbocycles. The van der Waals surface area contributed by atoms with Crippen LogP contribution in [-0.2, 0) is 6.54 Å². The number of rotatable bonds is 6. The molecule has 0 fully saturated rings. The first-order valence-electron chi connectivity index (χ1n) is 5.99. The minimum atomic E-state index is -0.373. The molecule has 0 N–H and O–H groups in total. The van der Waals surface area contributed by atoms with Gasteiger partial charge in [-0.3, -0.25) is 4.79 Å². The molecule has 1 aromatic heterocycles. The van der Waals surface area contributed by atoms with E-state index in [0.29, 0.717) is 18.5 Å². The maximum atomic E-state index is 13.0. The van der Waals surface area contributed by atoms with Crippen LogP contribution in [-0.4, -0.2) is 29.3 Å². The van der Waals surface area contributed by atoms with Gasteiger partial charge in [0.2, 0.25) is 0 Å². The Morgan fingerprint density at radius 2 is 2.32 bits per heavy atom. The Morgan fingerprint density at radius 1 is 1.47 bits per heavy atom. The van der Waals surface area contributed by atoms with Gasteiger partial charge >= 0.3 is 0 Å². The lowest BCUT2D eigenvalue weighted by Gasteiger charge is -2.14. The van der Waals surface area contributed by atoms with Gasteiger partial charge in [0.1, 0.15) is 5.82 Å². The normalized spacial score (nSPS) is 10.9. The number of carbonyl (C=O) groups is 1. The van der Waals surface area contributed by atoms with Crippen LogP contribution in [0.2, 0.25) is 0 Å². The van der Waals surface area contributed by atoms with E-state index in [9.17, 15) is 9.18 Å². The van der Waals surface area contributed by atoms with Crippen molar-refractivity contribution in [3.8, 4) is 0 Å². The number of ketones is 1. The Bertz CT molecular complexity index is 542. The number of halogens is 1. The molecule has 0 unspecified atom stereocenters. The van der Waals surface area contributed by atoms with Gasteiger partial charge in [0, 0.05) is 30.5 Å². The fourth-order valence-corrected chi connectivity index (χ4v) is 2.32. The topological polar surface area (TPSA) is 33.2 Å². The SMILES string of the molecule is CN(CCC(=O)c1cccc(F)c1)Cc1cscn1. The molecule has 2 rings (SSSR count). The number of nitrogens with zero attached hydrogens (tertiary/aromatic N) is 2. The summed E-state index contributed by atoms with van der Waals surface area (Å²) >= 11 is 1.56. The fraction of sp³-hybridized carbons (Fsp3) is 0.286. The van der Waals surface area contributed by atoms with Gasteiger partial charge in [-0.25, -0.2) is 9.37 Å². The van der Waals surface area contributed by atoms with Gasteiger partial charge in [0.05, 0.1) is 11.2 Å². The second kappa shape index (κ2) is 6.54. The molecule has 0 saturated heterocycles. The van der Waals surface area contributed by atoms with E-state index in [1.54, 1.807) is 29.0 Å². The summed E-state index contributed by atoms with van der Waals surface area (Å²) in [6.45, 7) is 1.35. The van der Waals surface area contributed by atoms with E-state index in [2.05, 4.69) is 4.98 Å². The molecular formula is C14H15FN2OS. The highest BCUT2D eigenvalue weighted by Crippen LogP contribution is 2.08. The second-order valence-electron chi connectivity index (χ2n) is 4.40. The molecule has 0 aliphatic heterocycles. The fourth-order valence-electron chi connectivity index (χ4n) is 1.77. The van der Waals surface area contributed by atoms with Gasteiger partial charge in [-0.05, 0) is 19.2 Å². The zero-order valence-electron chi connectivity index (χ0n) is 10.7. The molecule has 0 amide bonds. The molecule has 19 heavy (non-hydrogen) atoms. The second-order valence-corrected chi connectivity index (χ2v) is 5.12. The van der Waals surface area contributed by atoms with E-state index in [0.717, 1.165) is 12.2 Å². The Labute approximate surface area is 115 Å². The molecule has 0 aliphatic rings. The molecule has 0 radical (unpaired) electrons. The minimum Gasteiger partial charge on any atom is -0.300 e. The number of aromatic nitrogens is 1. The molecule has 100 valence electrons. The highest BCUT2D eigenvalue weighted by Gasteiger charge is 2.09. The van der Waals surface area contributed by atoms with Crippen molar-refractivity contribution in [3.63, 3.8) is 0 Å². The van der Waals surface area contributed by atoms with Crippen molar-refractivity contribution in [2.24, 2.45) is 0 Å². The standard InChI is InChI=1S/C14H15FN2OS/c1-17(8-13-9-19-10-16-13)6-5-14(18)11-3-2-4-12(15)7-11/h2-4,7,9-10H,5-6,8H2,1H3. The first-order valence-corrected chi connectivity index (χ1v) is 6.94. The number of benzene rings is 1. The lowest BCUT2D eigenvalue weighted by molar-refractivity contribution is 0.0967. The van der Waals surface area contributed by atoms with Crippen LogP contribution in [0.5, 0.6) is 0 Å². The summed E-state index contributed by atoms with van der Waals surface area (Å²) in [4.78, 5) is 18.1. The van der Waals surface area contributed by atoms with Crippen molar-refractivity contribution >= 4 is 17.1 Å². The van der Waals surface area contributed by atoms with Crippen LogP contribution in [0.25, 0.3) is 0 Å². The smallest absolute Gasteiger partial charge is 0.164 e. The van der Waals surface area contributed by atoms with E-state index < -0.39 is 0 Å². The van der Waals surface area contributed by atoms with Gasteiger partial charge in [0.15, 0.2) is 5.78 Å².